The number of nitrogens with zero attached hydrogens (tertiary/aromatic N) is 2. The van der Waals surface area contributed by atoms with Crippen LogP contribution in [0.4, 0.5) is 0 Å². The average molecular weight is 429 g/mol. The molecule has 0 amide bonds. The first-order valence-corrected chi connectivity index (χ1v) is 11.7. The normalized spacial score (nSPS) is 13.6. The maximum atomic E-state index is 7.00. The third kappa shape index (κ3) is 18.5. The topological polar surface area (TPSA) is 87.9 Å². The predicted molar refractivity (Wildman–Crippen MR) is 134 cm³/mol. The number of allylic oxidation sites excluding steroid dienone is 6. The van der Waals surface area contributed by atoms with Crippen LogP contribution in [-0.4, -0.2) is 28.1 Å². The molecule has 0 aliphatic rings. The largest absolute Gasteiger partial charge is 0.400 e. The van der Waals surface area contributed by atoms with Crippen molar-refractivity contribution >= 4 is 16.9 Å². The first-order valence-electron chi connectivity index (χ1n) is 10.8. The van der Waals surface area contributed by atoms with Crippen molar-refractivity contribution in [2.24, 2.45) is 28.6 Å². The van der Waals surface area contributed by atoms with Gasteiger partial charge in [-0.2, -0.15) is 5.10 Å². The Labute approximate surface area is 185 Å². The van der Waals surface area contributed by atoms with Gasteiger partial charge in [-0.05, 0) is 51.0 Å². The summed E-state index contributed by atoms with van der Waals surface area (Å²) in [5, 5.41) is 13.2. The molecule has 0 aromatic heterocycles. The zero-order chi connectivity index (χ0) is 23.2. The van der Waals surface area contributed by atoms with Crippen molar-refractivity contribution in [2.75, 3.05) is 12.9 Å². The molecule has 0 aliphatic heterocycles. The van der Waals surface area contributed by atoms with Gasteiger partial charge in [-0.3, -0.25) is 5.01 Å². The van der Waals surface area contributed by atoms with E-state index in [1.54, 1.807) is 16.8 Å². The summed E-state index contributed by atoms with van der Waals surface area (Å²) in [6.45, 7) is 17.0. The van der Waals surface area contributed by atoms with Crippen LogP contribution in [-0.2, 0) is 0 Å². The van der Waals surface area contributed by atoms with Crippen molar-refractivity contribution in [3.8, 4) is 0 Å². The fourth-order valence-corrected chi connectivity index (χ4v) is 3.20. The fraction of sp³-hybridized carbons (Fsp3) is 0.696. The highest BCUT2D eigenvalue weighted by molar-refractivity contribution is 8.13. The molecule has 0 aliphatic carbocycles. The summed E-state index contributed by atoms with van der Waals surface area (Å²) in [6.07, 6.45) is 13.1. The molecule has 5 N–H and O–H groups in total. The third-order valence-electron chi connectivity index (χ3n) is 3.84. The molecule has 0 spiro atoms. The van der Waals surface area contributed by atoms with Crippen LogP contribution < -0.4 is 11.7 Å². The summed E-state index contributed by atoms with van der Waals surface area (Å²) < 4.78 is 0. The van der Waals surface area contributed by atoms with E-state index in [4.69, 9.17) is 16.8 Å². The zero-order valence-corrected chi connectivity index (χ0v) is 21.2. The Morgan fingerprint density at radius 2 is 1.72 bits per heavy atom. The van der Waals surface area contributed by atoms with Crippen molar-refractivity contribution in [1.29, 1.82) is 0 Å². The van der Waals surface area contributed by atoms with Gasteiger partial charge in [-0.1, -0.05) is 83.5 Å². The number of aliphatic hydroxyl groups is 1. The molecular weight excluding hydrogens is 380 g/mol. The lowest BCUT2D eigenvalue weighted by molar-refractivity contribution is 0.399. The van der Waals surface area contributed by atoms with Gasteiger partial charge in [0.2, 0.25) is 5.17 Å². The van der Waals surface area contributed by atoms with Crippen molar-refractivity contribution in [2.45, 2.75) is 81.1 Å². The van der Waals surface area contributed by atoms with Crippen LogP contribution >= 0.6 is 11.8 Å². The molecule has 6 heteroatoms. The second-order valence-corrected chi connectivity index (χ2v) is 7.87. The standard InChI is InChI=1S/C20H38N4S.C2H6.CH4O/c1-7-10-17(5)11-9-12-18(6)15-25-20(23-21)24(22)19(8-2)14-13-16(3)4;2*1-2/h9,11,13-14,17-18H,7-8,10,12,15,21-22H2,1-6H3;1-2H3;2H,1H3/b11-9+,19-14+,23-20+;;/t17-,18?;;/m1../s1. The smallest absolute Gasteiger partial charge is 0.201 e. The molecule has 2 atom stereocenters. The number of nitrogens with two attached hydrogens (primary N) is 2. The number of amidine groups is 1. The van der Waals surface area contributed by atoms with E-state index in [9.17, 15) is 0 Å². The Bertz CT molecular complexity index is 483. The van der Waals surface area contributed by atoms with Crippen molar-refractivity contribution in [3.05, 3.63) is 35.6 Å². The fourth-order valence-electron chi connectivity index (χ4n) is 2.30. The predicted octanol–water partition coefficient (Wildman–Crippen LogP) is 6.04. The van der Waals surface area contributed by atoms with Gasteiger partial charge in [0.15, 0.2) is 0 Å². The summed E-state index contributed by atoms with van der Waals surface area (Å²) in [6, 6.07) is 0. The molecule has 1 unspecified atom stereocenters. The Hall–Kier alpha value is -1.24. The van der Waals surface area contributed by atoms with Crippen LogP contribution in [0.1, 0.15) is 81.1 Å². The second kappa shape index (κ2) is 23.0. The minimum Gasteiger partial charge on any atom is -0.400 e. The Balaban J connectivity index is -0.00000158. The highest BCUT2D eigenvalue weighted by Gasteiger charge is 2.13. The number of hydrogen-bond donors (Lipinski definition) is 3. The Morgan fingerprint density at radius 1 is 1.14 bits per heavy atom. The van der Waals surface area contributed by atoms with Crippen LogP contribution in [0.3, 0.4) is 0 Å². The van der Waals surface area contributed by atoms with Gasteiger partial charge in [-0.15, -0.1) is 0 Å². The maximum absolute atomic E-state index is 7.00. The minimum atomic E-state index is 0.548. The van der Waals surface area contributed by atoms with Crippen LogP contribution in [0, 0.1) is 11.8 Å². The lowest BCUT2D eigenvalue weighted by Gasteiger charge is -2.22. The van der Waals surface area contributed by atoms with Gasteiger partial charge in [0.25, 0.3) is 0 Å². The number of rotatable bonds is 10. The van der Waals surface area contributed by atoms with E-state index in [2.05, 4.69) is 64.9 Å². The van der Waals surface area contributed by atoms with Gasteiger partial charge < -0.3 is 10.9 Å². The number of aliphatic hydroxyl groups excluding tert-OH is 1. The van der Waals surface area contributed by atoms with Gasteiger partial charge >= 0.3 is 0 Å². The molecule has 5 nitrogen and oxygen atoms in total. The van der Waals surface area contributed by atoms with Gasteiger partial charge in [-0.25, -0.2) is 5.84 Å². The van der Waals surface area contributed by atoms with E-state index in [1.165, 1.54) is 18.4 Å². The Kier molecular flexibility index (Phi) is 25.8. The summed E-state index contributed by atoms with van der Waals surface area (Å²) in [5.74, 6) is 13.9. The number of thioether (sulfide) groups is 1. The molecule has 0 fully saturated rings. The van der Waals surface area contributed by atoms with Crippen LogP contribution in [0.5, 0.6) is 0 Å². The molecule has 0 radical (unpaired) electrons. The number of hydrogen-bond acceptors (Lipinski definition) is 5. The first-order chi connectivity index (χ1) is 13.8. The molecular formula is C23H48N4OS. The van der Waals surface area contributed by atoms with Crippen molar-refractivity contribution < 1.29 is 5.11 Å². The lowest BCUT2D eigenvalue weighted by atomic mass is 10.0. The lowest BCUT2D eigenvalue weighted by Crippen LogP contribution is -2.35. The SMILES string of the molecule is CC.CCC[C@@H](C)/C=C/CC(C)CS/C(=N/N)N(N)/C(=C/C=C(C)C)CC.CO. The molecule has 0 bridgehead atoms. The summed E-state index contributed by atoms with van der Waals surface area (Å²) in [5.41, 5.74) is 2.23. The van der Waals surface area contributed by atoms with Gasteiger partial charge in [0.1, 0.15) is 0 Å². The van der Waals surface area contributed by atoms with Gasteiger partial charge in [0, 0.05) is 18.6 Å². The number of hydrazine groups is 1. The molecule has 0 rings (SSSR count). The highest BCUT2D eigenvalue weighted by Crippen LogP contribution is 2.19. The Morgan fingerprint density at radius 3 is 2.17 bits per heavy atom. The number of hydrazone groups is 1. The third-order valence-corrected chi connectivity index (χ3v) is 5.14. The average Bonchev–Trinajstić information content (AvgIpc) is 2.72. The molecule has 0 saturated carbocycles. The van der Waals surface area contributed by atoms with Crippen LogP contribution in [0.25, 0.3) is 0 Å². The molecule has 29 heavy (non-hydrogen) atoms. The second-order valence-electron chi connectivity index (χ2n) is 6.88. The zero-order valence-electron chi connectivity index (χ0n) is 20.4. The maximum Gasteiger partial charge on any atom is 0.201 e. The molecule has 0 aromatic carbocycles. The van der Waals surface area contributed by atoms with Crippen LogP contribution in [0.2, 0.25) is 0 Å². The van der Waals surface area contributed by atoms with E-state index in [0.29, 0.717) is 17.0 Å². The highest BCUT2D eigenvalue weighted by atomic mass is 32.2. The molecule has 0 aromatic rings. The molecule has 172 valence electrons. The van der Waals surface area contributed by atoms with E-state index < -0.39 is 0 Å². The van der Waals surface area contributed by atoms with Crippen LogP contribution in [0.15, 0.2) is 40.7 Å². The van der Waals surface area contributed by atoms with E-state index >= 15 is 0 Å². The van der Waals surface area contributed by atoms with Gasteiger partial charge in [0.05, 0.1) is 0 Å². The summed E-state index contributed by atoms with van der Waals surface area (Å²) in [4.78, 5) is 0. The monoisotopic (exact) mass is 428 g/mol. The van der Waals surface area contributed by atoms with Crippen molar-refractivity contribution in [1.82, 2.24) is 5.01 Å². The molecule has 0 heterocycles. The minimum absolute atomic E-state index is 0.548. The van der Waals surface area contributed by atoms with E-state index in [-0.39, 0.29) is 0 Å². The quantitative estimate of drug-likeness (QED) is 0.0986. The van der Waals surface area contributed by atoms with E-state index in [0.717, 1.165) is 31.4 Å². The van der Waals surface area contributed by atoms with Crippen molar-refractivity contribution in [3.63, 3.8) is 0 Å². The first kappa shape index (κ1) is 32.4. The summed E-state index contributed by atoms with van der Waals surface area (Å²) in [7, 11) is 1.00. The summed E-state index contributed by atoms with van der Waals surface area (Å²) >= 11 is 1.62. The van der Waals surface area contributed by atoms with E-state index in [1.807, 2.05) is 19.9 Å². The molecule has 0 saturated heterocycles.